The number of fused-ring (bicyclic) bond motifs is 13. The van der Waals surface area contributed by atoms with Gasteiger partial charge in [-0.1, -0.05) is 173 Å². The Morgan fingerprint density at radius 1 is 0.343 bits per heavy atom. The van der Waals surface area contributed by atoms with Crippen molar-refractivity contribution >= 4 is 131 Å². The van der Waals surface area contributed by atoms with Crippen molar-refractivity contribution in [3.05, 3.63) is 192 Å². The maximum atomic E-state index is 2.76. The summed E-state index contributed by atoms with van der Waals surface area (Å²) in [5, 5.41) is 2.54. The van der Waals surface area contributed by atoms with Gasteiger partial charge in [0.05, 0.1) is 50.8 Å². The Labute approximate surface area is 394 Å². The Morgan fingerprint density at radius 2 is 0.746 bits per heavy atom. The maximum Gasteiger partial charge on any atom is 0.252 e. The third kappa shape index (κ3) is 3.87. The van der Waals surface area contributed by atoms with Crippen LogP contribution in [0.1, 0.15) is 49.9 Å². The van der Waals surface area contributed by atoms with Crippen LogP contribution < -0.4 is 47.5 Å². The molecular weight excluding hydrogens is 830 g/mol. The van der Waals surface area contributed by atoms with Crippen LogP contribution in [0.3, 0.4) is 0 Å². The largest absolute Gasteiger partial charge is 0.310 e. The van der Waals surface area contributed by atoms with Gasteiger partial charge in [0, 0.05) is 48.5 Å². The molecule has 17 rings (SSSR count). The number of nitrogens with zero attached hydrogens (tertiary/aromatic N) is 4. The molecule has 7 aliphatic rings. The van der Waals surface area contributed by atoms with Crippen molar-refractivity contribution in [3.8, 4) is 5.69 Å². The van der Waals surface area contributed by atoms with Gasteiger partial charge in [0.2, 0.25) is 0 Å². The summed E-state index contributed by atoms with van der Waals surface area (Å²) in [7, 11) is 0. The summed E-state index contributed by atoms with van der Waals surface area (Å²) in [6.45, 7) is 9.75. The number of anilines is 9. The van der Waals surface area contributed by atoms with Crippen LogP contribution in [0.2, 0.25) is 0 Å². The molecule has 0 bridgehead atoms. The molecule has 7 aliphatic heterocycles. The molecule has 0 N–H and O–H groups in total. The summed E-state index contributed by atoms with van der Waals surface area (Å²) in [6.07, 6.45) is 0. The highest BCUT2D eigenvalue weighted by atomic mass is 32.2. The van der Waals surface area contributed by atoms with Gasteiger partial charge in [-0.15, -0.1) is 0 Å². The molecule has 0 fully saturated rings. The molecule has 0 saturated carbocycles. The van der Waals surface area contributed by atoms with Gasteiger partial charge in [-0.25, -0.2) is 0 Å². The van der Waals surface area contributed by atoms with Crippen LogP contribution in [0.4, 0.5) is 51.2 Å². The van der Waals surface area contributed by atoms with E-state index in [1.165, 1.54) is 144 Å². The number of hydrogen-bond acceptors (Lipinski definition) is 4. The average Bonchev–Trinajstić information content (AvgIpc) is 3.69. The first-order chi connectivity index (χ1) is 32.8. The molecule has 0 saturated heterocycles. The normalized spacial score (nSPS) is 16.7. The molecule has 0 aliphatic carbocycles. The summed E-state index contributed by atoms with van der Waals surface area (Å²) in [4.78, 5) is 10.9. The van der Waals surface area contributed by atoms with Gasteiger partial charge in [0.1, 0.15) is 0 Å². The number of aromatic nitrogens is 1. The van der Waals surface area contributed by atoms with Crippen LogP contribution in [-0.4, -0.2) is 18.0 Å². The first kappa shape index (κ1) is 35.9. The van der Waals surface area contributed by atoms with Crippen molar-refractivity contribution in [1.29, 1.82) is 0 Å². The first-order valence-electron chi connectivity index (χ1n) is 23.9. The lowest BCUT2D eigenvalue weighted by molar-refractivity contribution is 0.632. The van der Waals surface area contributed by atoms with E-state index in [0.717, 1.165) is 0 Å². The highest BCUT2D eigenvalue weighted by Gasteiger charge is 2.58. The fourth-order valence-electron chi connectivity index (χ4n) is 14.4. The smallest absolute Gasteiger partial charge is 0.252 e. The molecule has 9 aromatic carbocycles. The van der Waals surface area contributed by atoms with E-state index in [-0.39, 0.29) is 24.3 Å². The number of rotatable bonds is 1. The van der Waals surface area contributed by atoms with Crippen LogP contribution in [0, 0.1) is 0 Å². The van der Waals surface area contributed by atoms with Crippen LogP contribution >= 0.6 is 11.8 Å². The molecule has 0 amide bonds. The van der Waals surface area contributed by atoms with E-state index in [2.05, 4.69) is 217 Å². The molecule has 7 heteroatoms. The van der Waals surface area contributed by atoms with Crippen molar-refractivity contribution in [2.75, 3.05) is 14.7 Å². The molecule has 67 heavy (non-hydrogen) atoms. The molecule has 1 aromatic heterocycles. The van der Waals surface area contributed by atoms with E-state index in [0.29, 0.717) is 0 Å². The lowest BCUT2D eigenvalue weighted by Gasteiger charge is -2.56. The van der Waals surface area contributed by atoms with E-state index in [1.807, 2.05) is 11.8 Å². The Balaban J connectivity index is 1.18. The summed E-state index contributed by atoms with van der Waals surface area (Å²) in [5.74, 6) is 0. The summed E-state index contributed by atoms with van der Waals surface area (Å²) >= 11 is 1.96. The monoisotopic (exact) mass is 870 g/mol. The fraction of sp³-hybridized carbons (Fsp3) is 0.100. The van der Waals surface area contributed by atoms with Gasteiger partial charge in [-0.3, -0.25) is 0 Å². The Morgan fingerprint density at radius 3 is 1.24 bits per heavy atom. The second-order valence-corrected chi connectivity index (χ2v) is 21.8. The molecule has 4 nitrogen and oxygen atoms in total. The zero-order valence-electron chi connectivity index (χ0n) is 37.5. The van der Waals surface area contributed by atoms with Crippen molar-refractivity contribution in [2.45, 2.75) is 48.3 Å². The van der Waals surface area contributed by atoms with Gasteiger partial charge in [-0.2, -0.15) is 0 Å². The molecule has 0 spiro atoms. The quantitative estimate of drug-likeness (QED) is 0.153. The lowest BCUT2D eigenvalue weighted by atomic mass is 9.28. The molecule has 10 aromatic rings. The predicted molar refractivity (Wildman–Crippen MR) is 283 cm³/mol. The van der Waals surface area contributed by atoms with Gasteiger partial charge >= 0.3 is 0 Å². The number of benzene rings is 9. The SMILES string of the molecule is CC1(C)c2ccccc2N2c3c(cccc31)B1c3cccc4c3N3c5c(cccc5B5c6cccc7c6N(c6ccccc6C7(C)C)c6c5c3c1c2c6-n1c2ccccc2c2ccccc21)S4. The lowest BCUT2D eigenvalue weighted by Crippen LogP contribution is -2.70. The topological polar surface area (TPSA) is 14.7 Å². The molecule has 0 radical (unpaired) electrons. The minimum atomic E-state index is -0.234. The van der Waals surface area contributed by atoms with E-state index >= 15 is 0 Å². The number of hydrogen-bond donors (Lipinski definition) is 0. The summed E-state index contributed by atoms with van der Waals surface area (Å²) in [6, 6.07) is 65.7. The molecule has 8 heterocycles. The highest BCUT2D eigenvalue weighted by molar-refractivity contribution is 7.99. The van der Waals surface area contributed by atoms with Gasteiger partial charge in [0.15, 0.2) is 0 Å². The third-order valence-electron chi connectivity index (χ3n) is 17.1. The molecule has 0 unspecified atom stereocenters. The molecule has 312 valence electrons. The van der Waals surface area contributed by atoms with Crippen LogP contribution in [-0.2, 0) is 10.8 Å². The second-order valence-electron chi connectivity index (χ2n) is 20.7. The van der Waals surface area contributed by atoms with Crippen LogP contribution in [0.5, 0.6) is 0 Å². The Hall–Kier alpha value is -7.34. The van der Waals surface area contributed by atoms with Crippen molar-refractivity contribution in [2.24, 2.45) is 0 Å². The van der Waals surface area contributed by atoms with E-state index in [1.54, 1.807) is 0 Å². The fourth-order valence-corrected chi connectivity index (χ4v) is 15.6. The van der Waals surface area contributed by atoms with Gasteiger partial charge in [-0.05, 0) is 91.4 Å². The highest BCUT2D eigenvalue weighted by Crippen LogP contribution is 2.63. The Bertz CT molecular complexity index is 3780. The Kier molecular flexibility index (Phi) is 6.21. The van der Waals surface area contributed by atoms with Crippen LogP contribution in [0.15, 0.2) is 180 Å². The van der Waals surface area contributed by atoms with E-state index < -0.39 is 0 Å². The van der Waals surface area contributed by atoms with E-state index in [4.69, 9.17) is 0 Å². The van der Waals surface area contributed by atoms with Gasteiger partial charge < -0.3 is 19.3 Å². The van der Waals surface area contributed by atoms with E-state index in [9.17, 15) is 0 Å². The third-order valence-corrected chi connectivity index (χ3v) is 18.2. The summed E-state index contributed by atoms with van der Waals surface area (Å²) < 4.78 is 2.69. The van der Waals surface area contributed by atoms with Crippen molar-refractivity contribution < 1.29 is 0 Å². The number of para-hydroxylation sites is 8. The molecule has 0 atom stereocenters. The molecular formula is C60H40B2N4S. The zero-order chi connectivity index (χ0) is 44.0. The second kappa shape index (κ2) is 11.6. The zero-order valence-corrected chi connectivity index (χ0v) is 38.3. The summed E-state index contributed by atoms with van der Waals surface area (Å²) in [5.41, 5.74) is 28.8. The van der Waals surface area contributed by atoms with Crippen LogP contribution in [0.25, 0.3) is 27.5 Å². The van der Waals surface area contributed by atoms with Crippen molar-refractivity contribution in [1.82, 2.24) is 4.57 Å². The first-order valence-corrected chi connectivity index (χ1v) is 24.7. The average molecular weight is 871 g/mol. The maximum absolute atomic E-state index is 2.76. The minimum Gasteiger partial charge on any atom is -0.310 e. The predicted octanol–water partition coefficient (Wildman–Crippen LogP) is 11.2. The minimum absolute atomic E-state index is 0.00558. The van der Waals surface area contributed by atoms with Crippen molar-refractivity contribution in [3.63, 3.8) is 0 Å². The van der Waals surface area contributed by atoms with Gasteiger partial charge in [0.25, 0.3) is 13.4 Å². The standard InChI is InChI=1S/C60H40B2N4S/c1-59(2)35-19-7-11-29-45(35)64-51-37(59)21-13-23-39(51)61-41-25-15-31-47-53(41)66-54-42(26-16-32-48(54)67-47)62-40-24-14-22-38-52(40)65(46-30-12-8-20-36(46)60(38,3)4)57-50(62)55(66)49(61)56(64)58(57)63-43-27-9-5-17-33(43)34-18-6-10-28-44(34)63/h5-32H,1-4H3.